The Hall–Kier alpha value is -3.59. The largest absolute Gasteiger partial charge is 0.508 e. The van der Waals surface area contributed by atoms with Crippen molar-refractivity contribution in [3.8, 4) is 24.1 Å². The fraction of sp³-hybridized carbons (Fsp3) is 0.500. The third-order valence-corrected chi connectivity index (χ3v) is 8.40. The molecule has 2 aromatic carbocycles. The zero-order valence-corrected chi connectivity index (χ0v) is 22.7. The predicted octanol–water partition coefficient (Wildman–Crippen LogP) is 2.79. The summed E-state index contributed by atoms with van der Waals surface area (Å²) in [7, 11) is 0. The number of aromatic nitrogens is 3. The molecule has 3 atom stereocenters. The number of morpholine rings is 1. The SMILES string of the molecule is C#Cc1c(F)ccc2cc(O)cc(CCc3nc(OC[C@@]45CCCN4C[C@H](F)C5)nc(N4CCO[C@H](CO)C4)n3)c12. The van der Waals surface area contributed by atoms with Crippen LogP contribution in [0.3, 0.4) is 0 Å². The summed E-state index contributed by atoms with van der Waals surface area (Å²) < 4.78 is 40.6. The van der Waals surface area contributed by atoms with E-state index >= 15 is 0 Å². The maximum Gasteiger partial charge on any atom is 0.321 e. The first kappa shape index (κ1) is 27.6. The van der Waals surface area contributed by atoms with E-state index in [-0.39, 0.29) is 42.2 Å². The molecular formula is C30H33F2N5O4. The summed E-state index contributed by atoms with van der Waals surface area (Å²) in [5, 5.41) is 21.2. The number of phenolic OH excluding ortho intramolecular Hbond substituents is 1. The lowest BCUT2D eigenvalue weighted by Crippen LogP contribution is -2.45. The quantitative estimate of drug-likeness (QED) is 0.399. The van der Waals surface area contributed by atoms with Crippen molar-refractivity contribution in [1.29, 1.82) is 0 Å². The van der Waals surface area contributed by atoms with Gasteiger partial charge in [0.1, 0.15) is 30.2 Å². The van der Waals surface area contributed by atoms with Crippen molar-refractivity contribution in [3.63, 3.8) is 0 Å². The number of hydrogen-bond donors (Lipinski definition) is 2. The first-order valence-electron chi connectivity index (χ1n) is 14.0. The fourth-order valence-corrected chi connectivity index (χ4v) is 6.46. The molecule has 6 rings (SSSR count). The van der Waals surface area contributed by atoms with E-state index in [1.54, 1.807) is 18.2 Å². The van der Waals surface area contributed by atoms with Gasteiger partial charge < -0.3 is 24.6 Å². The van der Waals surface area contributed by atoms with E-state index in [1.165, 1.54) is 6.07 Å². The molecule has 4 heterocycles. The van der Waals surface area contributed by atoms with Crippen LogP contribution in [-0.4, -0.2) is 93.9 Å². The van der Waals surface area contributed by atoms with Gasteiger partial charge in [-0.25, -0.2) is 8.78 Å². The van der Waals surface area contributed by atoms with Crippen LogP contribution in [-0.2, 0) is 17.6 Å². The molecule has 41 heavy (non-hydrogen) atoms. The van der Waals surface area contributed by atoms with E-state index < -0.39 is 12.0 Å². The van der Waals surface area contributed by atoms with Crippen molar-refractivity contribution in [2.45, 2.75) is 49.9 Å². The number of aromatic hydroxyl groups is 1. The summed E-state index contributed by atoms with van der Waals surface area (Å²) in [5.74, 6) is 2.84. The van der Waals surface area contributed by atoms with Crippen LogP contribution < -0.4 is 9.64 Å². The van der Waals surface area contributed by atoms with E-state index in [0.29, 0.717) is 73.6 Å². The number of nitrogens with zero attached hydrogens (tertiary/aromatic N) is 5. The van der Waals surface area contributed by atoms with Crippen LogP contribution in [0.2, 0.25) is 0 Å². The molecule has 3 aromatic rings. The Labute approximate surface area is 237 Å². The van der Waals surface area contributed by atoms with Gasteiger partial charge in [0.15, 0.2) is 0 Å². The summed E-state index contributed by atoms with van der Waals surface area (Å²) >= 11 is 0. The minimum atomic E-state index is -0.873. The highest BCUT2D eigenvalue weighted by Gasteiger charge is 2.49. The van der Waals surface area contributed by atoms with Crippen LogP contribution in [0.4, 0.5) is 14.7 Å². The van der Waals surface area contributed by atoms with Crippen LogP contribution >= 0.6 is 0 Å². The Morgan fingerprint density at radius 1 is 1.17 bits per heavy atom. The Morgan fingerprint density at radius 2 is 2.05 bits per heavy atom. The monoisotopic (exact) mass is 565 g/mol. The molecule has 0 amide bonds. The molecule has 0 aliphatic carbocycles. The Morgan fingerprint density at radius 3 is 2.88 bits per heavy atom. The van der Waals surface area contributed by atoms with Crippen LogP contribution in [0.25, 0.3) is 10.8 Å². The van der Waals surface area contributed by atoms with E-state index in [4.69, 9.17) is 20.9 Å². The van der Waals surface area contributed by atoms with E-state index in [0.717, 1.165) is 19.4 Å². The number of anilines is 1. The number of aryl methyl sites for hydroxylation is 2. The second-order valence-electron chi connectivity index (χ2n) is 11.1. The highest BCUT2D eigenvalue weighted by molar-refractivity contribution is 5.92. The molecule has 3 saturated heterocycles. The molecule has 9 nitrogen and oxygen atoms in total. The predicted molar refractivity (Wildman–Crippen MR) is 148 cm³/mol. The van der Waals surface area contributed by atoms with Gasteiger partial charge in [-0.3, -0.25) is 4.90 Å². The topological polar surface area (TPSA) is 104 Å². The third-order valence-electron chi connectivity index (χ3n) is 8.40. The smallest absolute Gasteiger partial charge is 0.321 e. The highest BCUT2D eigenvalue weighted by Crippen LogP contribution is 2.40. The maximum atomic E-state index is 14.6. The Kier molecular flexibility index (Phi) is 7.64. The van der Waals surface area contributed by atoms with Gasteiger partial charge in [0.05, 0.1) is 30.4 Å². The molecule has 0 radical (unpaired) electrons. The molecule has 0 saturated carbocycles. The molecular weight excluding hydrogens is 532 g/mol. The number of rotatable bonds is 8. The van der Waals surface area contributed by atoms with Gasteiger partial charge in [-0.15, -0.1) is 6.42 Å². The van der Waals surface area contributed by atoms with Gasteiger partial charge >= 0.3 is 6.01 Å². The number of aliphatic hydroxyl groups excluding tert-OH is 1. The zero-order valence-electron chi connectivity index (χ0n) is 22.7. The van der Waals surface area contributed by atoms with Gasteiger partial charge in [0, 0.05) is 37.9 Å². The summed E-state index contributed by atoms with van der Waals surface area (Å²) in [6, 6.07) is 6.17. The van der Waals surface area contributed by atoms with Gasteiger partial charge in [-0.05, 0) is 55.0 Å². The second-order valence-corrected chi connectivity index (χ2v) is 11.1. The van der Waals surface area contributed by atoms with Crippen LogP contribution in [0.15, 0.2) is 24.3 Å². The standard InChI is InChI=1S/C30H33F2N5O4/c1-2-24-25(32)6-4-19-12-22(39)13-20(27(19)24)5-7-26-33-28(36-10-11-40-23(16-36)17-38)35-29(34-26)41-18-30-8-3-9-37(30)15-21(31)14-30/h1,4,6,12-13,21,23,38-39H,3,5,7-11,14-18H2/t21-,23+,30+/m1/s1. The van der Waals surface area contributed by atoms with Crippen molar-refractivity contribution in [3.05, 3.63) is 47.0 Å². The van der Waals surface area contributed by atoms with E-state index in [1.807, 2.05) is 4.90 Å². The summed E-state index contributed by atoms with van der Waals surface area (Å²) in [5.41, 5.74) is 0.456. The molecule has 216 valence electrons. The van der Waals surface area contributed by atoms with Crippen LogP contribution in [0.1, 0.15) is 36.2 Å². The van der Waals surface area contributed by atoms with E-state index in [9.17, 15) is 19.0 Å². The number of phenols is 1. The second kappa shape index (κ2) is 11.4. The minimum absolute atomic E-state index is 0.0499. The lowest BCUT2D eigenvalue weighted by Gasteiger charge is -2.32. The van der Waals surface area contributed by atoms with Crippen molar-refractivity contribution < 1.29 is 28.5 Å². The first-order chi connectivity index (χ1) is 19.9. The number of aliphatic hydroxyl groups is 1. The lowest BCUT2D eigenvalue weighted by atomic mass is 9.95. The average Bonchev–Trinajstić information content (AvgIpc) is 3.50. The Bertz CT molecular complexity index is 1480. The number of fused-ring (bicyclic) bond motifs is 2. The van der Waals surface area contributed by atoms with Gasteiger partial charge in [-0.1, -0.05) is 12.0 Å². The fourth-order valence-electron chi connectivity index (χ4n) is 6.46. The minimum Gasteiger partial charge on any atom is -0.508 e. The number of halogens is 2. The molecule has 3 aliphatic rings. The molecule has 0 bridgehead atoms. The lowest BCUT2D eigenvalue weighted by molar-refractivity contribution is 0.00306. The number of benzene rings is 2. The van der Waals surface area contributed by atoms with Crippen molar-refractivity contribution in [2.75, 3.05) is 50.9 Å². The van der Waals surface area contributed by atoms with Crippen molar-refractivity contribution >= 4 is 16.7 Å². The van der Waals surface area contributed by atoms with Crippen LogP contribution in [0.5, 0.6) is 11.8 Å². The number of ether oxygens (including phenoxy) is 2. The normalized spacial score (nSPS) is 24.5. The number of terminal acetylenes is 1. The van der Waals surface area contributed by atoms with Crippen LogP contribution in [0, 0.1) is 18.2 Å². The van der Waals surface area contributed by atoms with Gasteiger partial charge in [0.2, 0.25) is 5.95 Å². The molecule has 0 spiro atoms. The molecule has 2 N–H and O–H groups in total. The summed E-state index contributed by atoms with van der Waals surface area (Å²) in [4.78, 5) is 18.0. The van der Waals surface area contributed by atoms with E-state index in [2.05, 4.69) is 20.8 Å². The summed E-state index contributed by atoms with van der Waals surface area (Å²) in [6.45, 7) is 2.77. The molecule has 1 aromatic heterocycles. The molecule has 3 aliphatic heterocycles. The maximum absolute atomic E-state index is 14.6. The number of alkyl halides is 1. The first-order valence-corrected chi connectivity index (χ1v) is 14.0. The molecule has 3 fully saturated rings. The highest BCUT2D eigenvalue weighted by atomic mass is 19.1. The third kappa shape index (κ3) is 5.52. The number of hydrogen-bond acceptors (Lipinski definition) is 9. The zero-order chi connectivity index (χ0) is 28.6. The van der Waals surface area contributed by atoms with Gasteiger partial charge in [-0.2, -0.15) is 15.0 Å². The molecule has 0 unspecified atom stereocenters. The van der Waals surface area contributed by atoms with Gasteiger partial charge in [0.25, 0.3) is 0 Å². The van der Waals surface area contributed by atoms with Crippen molar-refractivity contribution in [2.24, 2.45) is 0 Å². The molecule has 11 heteroatoms. The Balaban J connectivity index is 1.30. The average molecular weight is 566 g/mol. The van der Waals surface area contributed by atoms with Crippen molar-refractivity contribution in [1.82, 2.24) is 19.9 Å². The summed E-state index contributed by atoms with van der Waals surface area (Å²) in [6.07, 6.45) is 7.40.